The van der Waals surface area contributed by atoms with Crippen LogP contribution in [0.15, 0.2) is 83.9 Å². The number of anilines is 1. The van der Waals surface area contributed by atoms with Crippen molar-refractivity contribution in [3.8, 4) is 11.3 Å². The Hall–Kier alpha value is -3.56. The van der Waals surface area contributed by atoms with Gasteiger partial charge in [-0.15, -0.1) is 0 Å². The molecular weight excluding hydrogens is 419 g/mol. The number of nitrogens with zero attached hydrogens (tertiary/aromatic N) is 3. The van der Waals surface area contributed by atoms with Gasteiger partial charge in [0.15, 0.2) is 0 Å². The van der Waals surface area contributed by atoms with E-state index in [4.69, 9.17) is 0 Å². The number of halogens is 1. The van der Waals surface area contributed by atoms with Crippen molar-refractivity contribution in [1.29, 1.82) is 0 Å². The van der Waals surface area contributed by atoms with Crippen LogP contribution in [-0.4, -0.2) is 41.6 Å². The number of carbonyl (C=O) groups excluding carboxylic acids is 1. The Morgan fingerprint density at radius 1 is 1.03 bits per heavy atom. The summed E-state index contributed by atoms with van der Waals surface area (Å²) in [5.41, 5.74) is 2.03. The second-order valence-corrected chi connectivity index (χ2v) is 8.91. The first-order valence-electron chi connectivity index (χ1n) is 9.40. The van der Waals surface area contributed by atoms with Gasteiger partial charge in [-0.1, -0.05) is 36.4 Å². The third-order valence-electron chi connectivity index (χ3n) is 4.72. The maximum atomic E-state index is 13.1. The number of likely N-dealkylation sites (N-methyl/N-ethyl adjacent to an activating group) is 1. The van der Waals surface area contributed by atoms with Crippen molar-refractivity contribution in [3.05, 3.63) is 84.8 Å². The minimum absolute atomic E-state index is 0.0935. The second kappa shape index (κ2) is 8.29. The van der Waals surface area contributed by atoms with E-state index in [9.17, 15) is 17.6 Å². The highest BCUT2D eigenvalue weighted by Gasteiger charge is 2.24. The number of amides is 1. The number of sulfonamides is 1. The van der Waals surface area contributed by atoms with Crippen molar-refractivity contribution in [2.45, 2.75) is 4.90 Å². The van der Waals surface area contributed by atoms with Crippen molar-refractivity contribution >= 4 is 27.4 Å². The molecule has 0 atom stereocenters. The molecule has 9 heteroatoms. The van der Waals surface area contributed by atoms with Gasteiger partial charge in [0.1, 0.15) is 23.0 Å². The number of nitrogens with one attached hydrogen (secondary N) is 1. The monoisotopic (exact) mass is 438 g/mol. The van der Waals surface area contributed by atoms with Gasteiger partial charge in [0.05, 0.1) is 11.4 Å². The number of rotatable bonds is 6. The molecule has 0 saturated carbocycles. The van der Waals surface area contributed by atoms with Crippen LogP contribution in [0, 0.1) is 5.82 Å². The zero-order valence-electron chi connectivity index (χ0n) is 16.6. The van der Waals surface area contributed by atoms with Crippen molar-refractivity contribution in [1.82, 2.24) is 13.7 Å². The lowest BCUT2D eigenvalue weighted by Crippen LogP contribution is -2.35. The van der Waals surface area contributed by atoms with E-state index in [0.717, 1.165) is 34.1 Å². The van der Waals surface area contributed by atoms with Crippen molar-refractivity contribution in [2.24, 2.45) is 0 Å². The molecule has 0 saturated heterocycles. The maximum Gasteiger partial charge on any atom is 0.243 e. The normalized spacial score (nSPS) is 11.7. The first-order valence-corrected chi connectivity index (χ1v) is 10.8. The zero-order chi connectivity index (χ0) is 22.0. The van der Waals surface area contributed by atoms with Crippen LogP contribution in [0.2, 0.25) is 0 Å². The lowest BCUT2D eigenvalue weighted by Gasteiger charge is -2.17. The largest absolute Gasteiger partial charge is 0.309 e. The Kier molecular flexibility index (Phi) is 5.53. The number of carbonyl (C=O) groups is 1. The molecule has 4 aromatic rings. The smallest absolute Gasteiger partial charge is 0.243 e. The third kappa shape index (κ3) is 4.18. The van der Waals surface area contributed by atoms with Gasteiger partial charge < -0.3 is 5.32 Å². The van der Waals surface area contributed by atoms with Crippen LogP contribution in [0.4, 0.5) is 10.2 Å². The molecule has 2 heterocycles. The summed E-state index contributed by atoms with van der Waals surface area (Å²) in [7, 11) is -2.65. The third-order valence-corrected chi connectivity index (χ3v) is 6.54. The maximum absolute atomic E-state index is 13.1. The molecule has 0 bridgehead atoms. The summed E-state index contributed by atoms with van der Waals surface area (Å²) < 4.78 is 41.1. The Balaban J connectivity index is 1.61. The number of hydrogen-bond acceptors (Lipinski definition) is 4. The molecule has 1 amide bonds. The molecular formula is C22H19FN4O3S. The van der Waals surface area contributed by atoms with Crippen molar-refractivity contribution < 1.29 is 17.6 Å². The van der Waals surface area contributed by atoms with E-state index in [1.54, 1.807) is 10.6 Å². The number of hydrogen-bond donors (Lipinski definition) is 1. The van der Waals surface area contributed by atoms with Gasteiger partial charge >= 0.3 is 0 Å². The molecule has 0 spiro atoms. The minimum atomic E-state index is -3.95. The van der Waals surface area contributed by atoms with E-state index >= 15 is 0 Å². The summed E-state index contributed by atoms with van der Waals surface area (Å²) >= 11 is 0. The number of aromatic nitrogens is 2. The predicted octanol–water partition coefficient (Wildman–Crippen LogP) is 3.40. The van der Waals surface area contributed by atoms with Gasteiger partial charge in [0, 0.05) is 18.8 Å². The molecule has 0 aliphatic carbocycles. The van der Waals surface area contributed by atoms with Crippen LogP contribution in [-0.2, 0) is 14.8 Å². The van der Waals surface area contributed by atoms with Crippen LogP contribution in [0.25, 0.3) is 16.9 Å². The highest BCUT2D eigenvalue weighted by molar-refractivity contribution is 7.89. The van der Waals surface area contributed by atoms with Crippen LogP contribution in [0.3, 0.4) is 0 Å². The van der Waals surface area contributed by atoms with Crippen molar-refractivity contribution in [3.63, 3.8) is 0 Å². The van der Waals surface area contributed by atoms with E-state index in [1.165, 1.54) is 7.05 Å². The van der Waals surface area contributed by atoms with E-state index in [1.807, 2.05) is 48.5 Å². The van der Waals surface area contributed by atoms with E-state index in [-0.39, 0.29) is 4.90 Å². The van der Waals surface area contributed by atoms with Gasteiger partial charge in [0.25, 0.3) is 0 Å². The predicted molar refractivity (Wildman–Crippen MR) is 115 cm³/mol. The van der Waals surface area contributed by atoms with E-state index in [0.29, 0.717) is 17.2 Å². The summed E-state index contributed by atoms with van der Waals surface area (Å²) in [4.78, 5) is 17.3. The van der Waals surface area contributed by atoms with Gasteiger partial charge in [-0.25, -0.2) is 17.8 Å². The molecule has 0 unspecified atom stereocenters. The van der Waals surface area contributed by atoms with Gasteiger partial charge in [-0.2, -0.15) is 4.31 Å². The Morgan fingerprint density at radius 3 is 2.42 bits per heavy atom. The van der Waals surface area contributed by atoms with Crippen molar-refractivity contribution in [2.75, 3.05) is 18.9 Å². The zero-order valence-corrected chi connectivity index (χ0v) is 17.4. The number of imidazole rings is 1. The molecule has 0 radical (unpaired) electrons. The van der Waals surface area contributed by atoms with Crippen LogP contribution >= 0.6 is 0 Å². The highest BCUT2D eigenvalue weighted by Crippen LogP contribution is 2.28. The Labute approximate surface area is 178 Å². The lowest BCUT2D eigenvalue weighted by atomic mass is 10.1. The molecule has 2 aromatic heterocycles. The molecule has 158 valence electrons. The summed E-state index contributed by atoms with van der Waals surface area (Å²) in [6.45, 7) is -0.423. The van der Waals surface area contributed by atoms with E-state index < -0.39 is 28.3 Å². The first kappa shape index (κ1) is 20.7. The van der Waals surface area contributed by atoms with Crippen LogP contribution in [0.1, 0.15) is 0 Å². The molecule has 7 nitrogen and oxygen atoms in total. The fourth-order valence-corrected chi connectivity index (χ4v) is 4.29. The summed E-state index contributed by atoms with van der Waals surface area (Å²) in [6, 6.07) is 19.3. The Bertz CT molecular complexity index is 1340. The highest BCUT2D eigenvalue weighted by atomic mass is 32.2. The quantitative estimate of drug-likeness (QED) is 0.500. The lowest BCUT2D eigenvalue weighted by molar-refractivity contribution is -0.116. The SMILES string of the molecule is CN(CC(=O)Nc1c(-c2ccccc2)nc2ccccn12)S(=O)(=O)c1ccc(F)cc1. The molecule has 0 fully saturated rings. The molecule has 1 N–H and O–H groups in total. The summed E-state index contributed by atoms with van der Waals surface area (Å²) in [5.74, 6) is -0.629. The molecule has 4 rings (SSSR count). The topological polar surface area (TPSA) is 83.8 Å². The van der Waals surface area contributed by atoms with Crippen LogP contribution < -0.4 is 5.32 Å². The summed E-state index contributed by atoms with van der Waals surface area (Å²) in [6.07, 6.45) is 1.77. The summed E-state index contributed by atoms with van der Waals surface area (Å²) in [5, 5.41) is 2.79. The number of benzene rings is 2. The fourth-order valence-electron chi connectivity index (χ4n) is 3.16. The Morgan fingerprint density at radius 2 is 1.71 bits per heavy atom. The standard InChI is InChI=1S/C22H19FN4O3S/c1-26(31(29,30)18-12-10-17(23)11-13-18)15-20(28)25-22-21(16-7-3-2-4-8-16)24-19-9-5-6-14-27(19)22/h2-14H,15H2,1H3,(H,25,28). The number of fused-ring (bicyclic) bond motifs is 1. The molecule has 0 aliphatic rings. The second-order valence-electron chi connectivity index (χ2n) is 6.87. The molecule has 31 heavy (non-hydrogen) atoms. The number of pyridine rings is 1. The van der Waals surface area contributed by atoms with Gasteiger partial charge in [0.2, 0.25) is 15.9 Å². The van der Waals surface area contributed by atoms with Crippen LogP contribution in [0.5, 0.6) is 0 Å². The van der Waals surface area contributed by atoms with Gasteiger partial charge in [-0.05, 0) is 36.4 Å². The minimum Gasteiger partial charge on any atom is -0.309 e. The average Bonchev–Trinajstić information content (AvgIpc) is 3.13. The van der Waals surface area contributed by atoms with Gasteiger partial charge in [-0.3, -0.25) is 9.20 Å². The first-order chi connectivity index (χ1) is 14.9. The molecule has 2 aromatic carbocycles. The fraction of sp³-hybridized carbons (Fsp3) is 0.0909. The average molecular weight is 438 g/mol. The van der Waals surface area contributed by atoms with E-state index in [2.05, 4.69) is 10.3 Å². The molecule has 0 aliphatic heterocycles.